The number of amides is 1. The van der Waals surface area contributed by atoms with Gasteiger partial charge in [-0.1, -0.05) is 60.3 Å². The van der Waals surface area contributed by atoms with Crippen LogP contribution in [-0.4, -0.2) is 80.4 Å². The summed E-state index contributed by atoms with van der Waals surface area (Å²) in [5, 5.41) is 9.80. The van der Waals surface area contributed by atoms with Crippen molar-refractivity contribution in [2.45, 2.75) is 37.5 Å². The van der Waals surface area contributed by atoms with Crippen molar-refractivity contribution >= 4 is 17.7 Å². The second-order valence-electron chi connectivity index (χ2n) is 9.35. The molecule has 0 spiro atoms. The average Bonchev–Trinajstić information content (AvgIpc) is 3.58. The van der Waals surface area contributed by atoms with Crippen LogP contribution < -0.4 is 0 Å². The molecule has 2 saturated heterocycles. The maximum atomic E-state index is 13.1. The molecule has 8 heteroatoms. The number of thioether (sulfide) groups is 1. The summed E-state index contributed by atoms with van der Waals surface area (Å²) >= 11 is 1.49. The van der Waals surface area contributed by atoms with Crippen LogP contribution >= 0.6 is 11.8 Å². The van der Waals surface area contributed by atoms with Gasteiger partial charge in [0, 0.05) is 37.9 Å². The lowest BCUT2D eigenvalue weighted by atomic mass is 10.1. The summed E-state index contributed by atoms with van der Waals surface area (Å²) < 4.78 is 2.12. The number of hydrogen-bond donors (Lipinski definition) is 0. The van der Waals surface area contributed by atoms with E-state index < -0.39 is 0 Å². The van der Waals surface area contributed by atoms with E-state index in [-0.39, 0.29) is 5.91 Å². The zero-order chi connectivity index (χ0) is 24.0. The molecule has 5 rings (SSSR count). The van der Waals surface area contributed by atoms with Gasteiger partial charge in [0.15, 0.2) is 11.0 Å². The van der Waals surface area contributed by atoms with E-state index in [1.807, 2.05) is 23.1 Å². The highest BCUT2D eigenvalue weighted by Crippen LogP contribution is 2.25. The van der Waals surface area contributed by atoms with E-state index in [2.05, 4.69) is 74.0 Å². The summed E-state index contributed by atoms with van der Waals surface area (Å²) in [6.07, 6.45) is 2.49. The summed E-state index contributed by atoms with van der Waals surface area (Å²) in [4.78, 5) is 20.0. The zero-order valence-electron chi connectivity index (χ0n) is 20.4. The van der Waals surface area contributed by atoms with Crippen molar-refractivity contribution in [2.24, 2.45) is 0 Å². The van der Waals surface area contributed by atoms with Crippen LogP contribution in [0.5, 0.6) is 0 Å². The van der Waals surface area contributed by atoms with E-state index in [4.69, 9.17) is 0 Å². The standard InChI is InChI=1S/C27H34N6OS/c1-22(23-10-4-2-5-11-23)31-16-18-32(19-17-31)26(34)21-35-27-29-28-25(20-30-14-8-9-15-30)33(27)24-12-6-3-7-13-24/h2-7,10-13,22H,8-9,14-21H2,1H3/t22-/m0/s1. The van der Waals surface area contributed by atoms with Gasteiger partial charge in [0.05, 0.1) is 12.3 Å². The molecule has 7 nitrogen and oxygen atoms in total. The second kappa shape index (κ2) is 11.4. The molecule has 1 aromatic heterocycles. The number of para-hydroxylation sites is 1. The van der Waals surface area contributed by atoms with Crippen LogP contribution in [0.25, 0.3) is 5.69 Å². The predicted molar refractivity (Wildman–Crippen MR) is 140 cm³/mol. The lowest BCUT2D eigenvalue weighted by Crippen LogP contribution is -2.49. The molecule has 0 aliphatic carbocycles. The first kappa shape index (κ1) is 24.0. The van der Waals surface area contributed by atoms with Gasteiger partial charge in [-0.15, -0.1) is 10.2 Å². The molecular formula is C27H34N6OS. The zero-order valence-corrected chi connectivity index (χ0v) is 21.2. The topological polar surface area (TPSA) is 57.5 Å². The van der Waals surface area contributed by atoms with Gasteiger partial charge in [-0.05, 0) is 50.6 Å². The van der Waals surface area contributed by atoms with Crippen molar-refractivity contribution in [3.63, 3.8) is 0 Å². The monoisotopic (exact) mass is 490 g/mol. The summed E-state index contributed by atoms with van der Waals surface area (Å²) in [5.41, 5.74) is 2.37. The molecule has 1 amide bonds. The number of nitrogens with zero attached hydrogens (tertiary/aromatic N) is 6. The van der Waals surface area contributed by atoms with Crippen LogP contribution in [0.4, 0.5) is 0 Å². The number of likely N-dealkylation sites (tertiary alicyclic amines) is 1. The third kappa shape index (κ3) is 5.77. The number of hydrogen-bond acceptors (Lipinski definition) is 6. The number of piperazine rings is 1. The van der Waals surface area contributed by atoms with Gasteiger partial charge in [-0.3, -0.25) is 19.2 Å². The fourth-order valence-electron chi connectivity index (χ4n) is 4.99. The van der Waals surface area contributed by atoms with Crippen molar-refractivity contribution in [1.29, 1.82) is 0 Å². The molecule has 0 radical (unpaired) electrons. The lowest BCUT2D eigenvalue weighted by Gasteiger charge is -2.38. The van der Waals surface area contributed by atoms with Crippen LogP contribution in [0.2, 0.25) is 0 Å². The van der Waals surface area contributed by atoms with Crippen LogP contribution in [-0.2, 0) is 11.3 Å². The molecule has 0 N–H and O–H groups in total. The van der Waals surface area contributed by atoms with E-state index in [0.717, 1.165) is 62.5 Å². The molecule has 3 aromatic rings. The average molecular weight is 491 g/mol. The fourth-order valence-corrected chi connectivity index (χ4v) is 5.87. The van der Waals surface area contributed by atoms with E-state index in [9.17, 15) is 4.79 Å². The molecule has 0 unspecified atom stereocenters. The van der Waals surface area contributed by atoms with Gasteiger partial charge >= 0.3 is 0 Å². The minimum atomic E-state index is 0.172. The summed E-state index contributed by atoms with van der Waals surface area (Å²) in [5.74, 6) is 1.49. The SMILES string of the molecule is C[C@@H](c1ccccc1)N1CCN(C(=O)CSc2nnc(CN3CCCC3)n2-c2ccccc2)CC1. The highest BCUT2D eigenvalue weighted by Gasteiger charge is 2.26. The molecule has 2 aliphatic rings. The Kier molecular flexibility index (Phi) is 7.81. The Balaban J connectivity index is 1.20. The van der Waals surface area contributed by atoms with E-state index in [1.165, 1.54) is 30.2 Å². The van der Waals surface area contributed by atoms with Gasteiger partial charge in [-0.25, -0.2) is 0 Å². The minimum absolute atomic E-state index is 0.172. The van der Waals surface area contributed by atoms with Crippen LogP contribution in [0, 0.1) is 0 Å². The summed E-state index contributed by atoms with van der Waals surface area (Å²) in [7, 11) is 0. The number of rotatable bonds is 8. The van der Waals surface area contributed by atoms with Crippen LogP contribution in [0.1, 0.15) is 37.2 Å². The molecule has 3 heterocycles. The highest BCUT2D eigenvalue weighted by atomic mass is 32.2. The Morgan fingerprint density at radius 2 is 1.54 bits per heavy atom. The maximum Gasteiger partial charge on any atom is 0.233 e. The lowest BCUT2D eigenvalue weighted by molar-refractivity contribution is -0.130. The smallest absolute Gasteiger partial charge is 0.233 e. The van der Waals surface area contributed by atoms with Crippen LogP contribution in [0.15, 0.2) is 65.8 Å². The number of benzene rings is 2. The summed E-state index contributed by atoms with van der Waals surface area (Å²) in [6.45, 7) is 8.58. The third-order valence-corrected chi connectivity index (χ3v) is 8.01. The Hall–Kier alpha value is -2.68. The molecule has 0 bridgehead atoms. The Morgan fingerprint density at radius 3 is 2.23 bits per heavy atom. The summed E-state index contributed by atoms with van der Waals surface area (Å²) in [6, 6.07) is 21.2. The Labute approximate surface area is 212 Å². The molecule has 184 valence electrons. The van der Waals surface area contributed by atoms with Gasteiger partial charge < -0.3 is 4.90 Å². The van der Waals surface area contributed by atoms with Gasteiger partial charge in [0.1, 0.15) is 0 Å². The highest BCUT2D eigenvalue weighted by molar-refractivity contribution is 7.99. The number of carbonyl (C=O) groups excluding carboxylic acids is 1. The van der Waals surface area contributed by atoms with Gasteiger partial charge in [0.2, 0.25) is 5.91 Å². The van der Waals surface area contributed by atoms with E-state index >= 15 is 0 Å². The van der Waals surface area contributed by atoms with Gasteiger partial charge in [-0.2, -0.15) is 0 Å². The largest absolute Gasteiger partial charge is 0.339 e. The van der Waals surface area contributed by atoms with Crippen molar-refractivity contribution in [1.82, 2.24) is 29.5 Å². The Bertz CT molecular complexity index is 1090. The van der Waals surface area contributed by atoms with E-state index in [0.29, 0.717) is 11.8 Å². The molecule has 2 aliphatic heterocycles. The first-order chi connectivity index (χ1) is 17.2. The van der Waals surface area contributed by atoms with Crippen LogP contribution in [0.3, 0.4) is 0 Å². The number of aromatic nitrogens is 3. The minimum Gasteiger partial charge on any atom is -0.339 e. The molecule has 2 fully saturated rings. The maximum absolute atomic E-state index is 13.1. The Morgan fingerprint density at radius 1 is 0.886 bits per heavy atom. The number of carbonyl (C=O) groups is 1. The van der Waals surface area contributed by atoms with Crippen molar-refractivity contribution in [3.05, 3.63) is 72.1 Å². The predicted octanol–water partition coefficient (Wildman–Crippen LogP) is 3.86. The van der Waals surface area contributed by atoms with E-state index in [1.54, 1.807) is 0 Å². The molecule has 35 heavy (non-hydrogen) atoms. The first-order valence-electron chi connectivity index (χ1n) is 12.6. The van der Waals surface area contributed by atoms with Crippen molar-refractivity contribution < 1.29 is 4.79 Å². The van der Waals surface area contributed by atoms with Crippen molar-refractivity contribution in [2.75, 3.05) is 45.0 Å². The first-order valence-corrected chi connectivity index (χ1v) is 13.6. The molecule has 1 atom stereocenters. The molecule has 0 saturated carbocycles. The van der Waals surface area contributed by atoms with Gasteiger partial charge in [0.25, 0.3) is 0 Å². The quantitative estimate of drug-likeness (QED) is 0.447. The van der Waals surface area contributed by atoms with Crippen molar-refractivity contribution in [3.8, 4) is 5.69 Å². The third-order valence-electron chi connectivity index (χ3n) is 7.10. The normalized spacial score (nSPS) is 18.1. The second-order valence-corrected chi connectivity index (χ2v) is 10.3. The molecular weight excluding hydrogens is 456 g/mol. The fraction of sp³-hybridized carbons (Fsp3) is 0.444. The molecule has 2 aromatic carbocycles.